The lowest BCUT2D eigenvalue weighted by Crippen LogP contribution is -2.32. The molecule has 0 aliphatic rings. The first-order chi connectivity index (χ1) is 28.0. The van der Waals surface area contributed by atoms with E-state index in [9.17, 15) is 36.5 Å². The van der Waals surface area contributed by atoms with Crippen molar-refractivity contribution >= 4 is 30.7 Å². The summed E-state index contributed by atoms with van der Waals surface area (Å²) in [7, 11) is -13.2. The van der Waals surface area contributed by atoms with Gasteiger partial charge in [-0.3, -0.25) is 0 Å². The van der Waals surface area contributed by atoms with Crippen LogP contribution in [0.1, 0.15) is 71.9 Å². The molecule has 0 radical (unpaired) electrons. The molecule has 0 aromatic heterocycles. The van der Waals surface area contributed by atoms with Gasteiger partial charge in [0.2, 0.25) is 0 Å². The monoisotopic (exact) mass is 846 g/mol. The number of rotatable bonds is 19. The van der Waals surface area contributed by atoms with E-state index in [4.69, 9.17) is 0 Å². The van der Waals surface area contributed by atoms with Gasteiger partial charge in [0, 0.05) is 0 Å². The Morgan fingerprint density at radius 3 is 0.621 bits per heavy atom. The number of hydrogen-bond acceptors (Lipinski definition) is 8. The van der Waals surface area contributed by atoms with Crippen molar-refractivity contribution in [2.24, 2.45) is 0 Å². The van der Waals surface area contributed by atoms with Crippen LogP contribution in [0.25, 0.3) is 0 Å². The molecule has 0 aliphatic heterocycles. The predicted octanol–water partition coefficient (Wildman–Crippen LogP) is 13.7. The van der Waals surface area contributed by atoms with Crippen LogP contribution < -0.4 is 0 Å². The van der Waals surface area contributed by atoms with E-state index in [2.05, 4.69) is 0 Å². The van der Waals surface area contributed by atoms with Crippen LogP contribution in [0.4, 0.5) is 0 Å². The minimum absolute atomic E-state index is 0.137. The van der Waals surface area contributed by atoms with Crippen LogP contribution in [0.5, 0.6) is 0 Å². The molecule has 58 heavy (non-hydrogen) atoms. The summed E-state index contributed by atoms with van der Waals surface area (Å²) in [5.74, 6) is 0. The number of benzene rings is 6. The fourth-order valence-electron chi connectivity index (χ4n) is 8.46. The van der Waals surface area contributed by atoms with E-state index < -0.39 is 51.3 Å². The summed E-state index contributed by atoms with van der Waals surface area (Å²) in [4.78, 5) is 0. The van der Waals surface area contributed by atoms with Crippen LogP contribution in [0, 0.1) is 0 Å². The maximum absolute atomic E-state index is 14.0. The first-order valence-electron chi connectivity index (χ1n) is 18.9. The zero-order valence-electron chi connectivity index (χ0n) is 31.6. The second kappa shape index (κ2) is 18.7. The Morgan fingerprint density at radius 2 is 0.431 bits per heavy atom. The number of hydrogen-bond donors (Lipinski definition) is 0. The highest BCUT2D eigenvalue weighted by Crippen LogP contribution is 2.60. The zero-order valence-corrected chi connectivity index (χ0v) is 35.2. The van der Waals surface area contributed by atoms with Crippen LogP contribution in [-0.4, -0.2) is 0 Å². The Bertz CT molecular complexity index is 2290. The van der Waals surface area contributed by atoms with Gasteiger partial charge in [0.25, 0.3) is 0 Å². The third-order valence-corrected chi connectivity index (χ3v) is 17.2. The maximum atomic E-state index is 14.0. The van der Waals surface area contributed by atoms with Crippen molar-refractivity contribution in [3.8, 4) is 0 Å². The van der Waals surface area contributed by atoms with Crippen LogP contribution in [0.3, 0.4) is 0 Å². The fourth-order valence-corrected chi connectivity index (χ4v) is 12.4. The summed E-state index contributed by atoms with van der Waals surface area (Å²) in [6, 6.07) is 51.8. The molecule has 0 bridgehead atoms. The minimum atomic E-state index is -3.38. The zero-order chi connectivity index (χ0) is 41.2. The normalized spacial score (nSPS) is 13.7. The van der Waals surface area contributed by atoms with Crippen molar-refractivity contribution in [1.82, 2.24) is 0 Å². The molecule has 0 fully saturated rings. The van der Waals surface area contributed by atoms with E-state index in [1.807, 2.05) is 0 Å². The van der Waals surface area contributed by atoms with Crippen LogP contribution >= 0.6 is 30.7 Å². The van der Waals surface area contributed by atoms with Gasteiger partial charge in [-0.25, -0.2) is 36.5 Å². The Morgan fingerprint density at radius 1 is 0.241 bits per heavy atom. The third kappa shape index (κ3) is 8.26. The molecule has 6 rings (SSSR count). The Balaban J connectivity index is 1.50. The molecule has 0 amide bonds. The smallest absolute Gasteiger partial charge is 0.236 e. The molecule has 2 atom stereocenters. The average molecular weight is 847 g/mol. The molecule has 294 valence electrons. The highest BCUT2D eigenvalue weighted by atomic mass is 31.1. The van der Waals surface area contributed by atoms with Crippen molar-refractivity contribution < 1.29 is 36.5 Å². The van der Waals surface area contributed by atoms with E-state index in [0.717, 1.165) is 0 Å². The second-order valence-electron chi connectivity index (χ2n) is 14.5. The molecule has 0 aliphatic carbocycles. The SMILES string of the molecule is O=P(=O)C(CCC(CCC(c1ccccc1)(c1ccccc1)P(=O)=O)(c1ccccc1)P(=O)=O)(CCC(c1ccccc1)(c1ccccc1)P(=O)=O)c1ccccc1. The van der Waals surface area contributed by atoms with Gasteiger partial charge < -0.3 is 0 Å². The van der Waals surface area contributed by atoms with Crippen LogP contribution in [0.2, 0.25) is 0 Å². The van der Waals surface area contributed by atoms with Gasteiger partial charge in [-0.2, -0.15) is 0 Å². The summed E-state index contributed by atoms with van der Waals surface area (Å²) in [5, 5.41) is -6.70. The molecule has 6 aromatic carbocycles. The molecule has 0 spiro atoms. The molecule has 0 saturated carbocycles. The van der Waals surface area contributed by atoms with Crippen molar-refractivity contribution in [2.75, 3.05) is 0 Å². The molecule has 0 N–H and O–H groups in total. The molecular formula is C46H42O8P4. The molecule has 0 heterocycles. The fraction of sp³-hybridized carbons (Fsp3) is 0.217. The van der Waals surface area contributed by atoms with Gasteiger partial charge in [-0.15, -0.1) is 0 Å². The lowest BCUT2D eigenvalue weighted by atomic mass is 9.77. The third-order valence-electron chi connectivity index (χ3n) is 11.7. The van der Waals surface area contributed by atoms with Crippen LogP contribution in [0.15, 0.2) is 182 Å². The van der Waals surface area contributed by atoms with Gasteiger partial charge in [0.1, 0.15) is 20.6 Å². The van der Waals surface area contributed by atoms with Gasteiger partial charge >= 0.3 is 30.7 Å². The largest absolute Gasteiger partial charge is 0.331 e. The maximum Gasteiger partial charge on any atom is 0.331 e. The van der Waals surface area contributed by atoms with Crippen LogP contribution in [-0.2, 0) is 57.1 Å². The summed E-state index contributed by atoms with van der Waals surface area (Å²) in [6.07, 6.45) is -1.04. The van der Waals surface area contributed by atoms with E-state index in [0.29, 0.717) is 33.4 Å². The van der Waals surface area contributed by atoms with Gasteiger partial charge in [0.05, 0.1) is 0 Å². The summed E-state index contributed by atoms with van der Waals surface area (Å²) < 4.78 is 111. The molecule has 12 heteroatoms. The Labute approximate surface area is 340 Å². The molecular weight excluding hydrogens is 804 g/mol. The first-order valence-corrected chi connectivity index (χ1v) is 23.7. The Hall–Kier alpha value is -5.08. The molecule has 0 saturated heterocycles. The van der Waals surface area contributed by atoms with Gasteiger partial charge in [-0.1, -0.05) is 182 Å². The topological polar surface area (TPSA) is 137 Å². The molecule has 6 aromatic rings. The predicted molar refractivity (Wildman–Crippen MR) is 224 cm³/mol. The lowest BCUT2D eigenvalue weighted by molar-refractivity contribution is 0.348. The molecule has 2 unspecified atom stereocenters. The van der Waals surface area contributed by atoms with E-state index in [1.54, 1.807) is 182 Å². The quantitative estimate of drug-likeness (QED) is 0.0735. The van der Waals surface area contributed by atoms with E-state index in [1.165, 1.54) is 0 Å². The van der Waals surface area contributed by atoms with Crippen molar-refractivity contribution in [3.05, 3.63) is 215 Å². The molecule has 8 nitrogen and oxygen atoms in total. The standard InChI is InChI=1S/C46H42O8P4/c47-55(48)43(37-19-7-1-8-20-37,33-35-45(57(51)52,39-23-11-3-12-24-39)40-25-13-4-14-26-40)31-32-44(56(49)50,38-21-9-2-10-22-38)34-36-46(58(53)54,41-27-15-5-16-28-41)42-29-17-6-18-30-42/h1-30H,31-36H2. The highest BCUT2D eigenvalue weighted by Gasteiger charge is 2.50. The summed E-state index contributed by atoms with van der Waals surface area (Å²) >= 11 is 0. The summed E-state index contributed by atoms with van der Waals surface area (Å²) in [6.45, 7) is 0. The highest BCUT2D eigenvalue weighted by molar-refractivity contribution is 7.33. The second-order valence-corrected chi connectivity index (χ2v) is 19.8. The van der Waals surface area contributed by atoms with E-state index >= 15 is 0 Å². The van der Waals surface area contributed by atoms with Crippen molar-refractivity contribution in [2.45, 2.75) is 59.1 Å². The minimum Gasteiger partial charge on any atom is -0.236 e. The van der Waals surface area contributed by atoms with Crippen molar-refractivity contribution in [3.63, 3.8) is 0 Å². The summed E-state index contributed by atoms with van der Waals surface area (Å²) in [5.41, 5.74) is 2.71. The van der Waals surface area contributed by atoms with E-state index in [-0.39, 0.29) is 38.5 Å². The Kier molecular flexibility index (Phi) is 13.7. The lowest BCUT2D eigenvalue weighted by Gasteiger charge is -2.37. The van der Waals surface area contributed by atoms with Gasteiger partial charge in [0.15, 0.2) is 0 Å². The average Bonchev–Trinajstić information content (AvgIpc) is 3.26. The van der Waals surface area contributed by atoms with Gasteiger partial charge in [-0.05, 0) is 71.9 Å². The first kappa shape index (κ1) is 42.5. The van der Waals surface area contributed by atoms with Crippen molar-refractivity contribution in [1.29, 1.82) is 0 Å².